The van der Waals surface area contributed by atoms with E-state index in [1.807, 2.05) is 48.2 Å². The van der Waals surface area contributed by atoms with Gasteiger partial charge in [0.05, 0.1) is 23.8 Å². The number of carbonyl (C=O) groups is 1. The maximum Gasteiger partial charge on any atom is 0.258 e. The van der Waals surface area contributed by atoms with Crippen molar-refractivity contribution in [1.29, 1.82) is 0 Å². The molecule has 1 aliphatic heterocycles. The average molecular weight is 417 g/mol. The number of para-hydroxylation sites is 1. The predicted molar refractivity (Wildman–Crippen MR) is 104 cm³/mol. The van der Waals surface area contributed by atoms with Crippen molar-refractivity contribution in [2.24, 2.45) is 0 Å². The molecule has 2 aliphatic rings. The van der Waals surface area contributed by atoms with Crippen LogP contribution in [-0.4, -0.2) is 30.6 Å². The predicted octanol–water partition coefficient (Wildman–Crippen LogP) is 4.59. The third kappa shape index (κ3) is 2.92. The Kier molecular flexibility index (Phi) is 4.53. The molecule has 1 atom stereocenters. The summed E-state index contributed by atoms with van der Waals surface area (Å²) in [5.41, 5.74) is 2.56. The number of hydrogen-bond acceptors (Lipinski definition) is 4. The minimum absolute atomic E-state index is 0.0803. The van der Waals surface area contributed by atoms with E-state index in [1.54, 1.807) is 7.11 Å². The molecule has 1 fully saturated rings. The summed E-state index contributed by atoms with van der Waals surface area (Å²) < 4.78 is 12.0. The molecule has 0 bridgehead atoms. The van der Waals surface area contributed by atoms with Gasteiger partial charge in [0.1, 0.15) is 6.17 Å². The van der Waals surface area contributed by atoms with Gasteiger partial charge in [0.15, 0.2) is 11.5 Å². The van der Waals surface area contributed by atoms with Crippen LogP contribution >= 0.6 is 15.9 Å². The van der Waals surface area contributed by atoms with E-state index in [9.17, 15) is 4.79 Å². The summed E-state index contributed by atoms with van der Waals surface area (Å²) in [5.74, 6) is 1.41. The minimum Gasteiger partial charge on any atom is -0.492 e. The molecule has 4 rings (SSSR count). The first-order chi connectivity index (χ1) is 12.6. The van der Waals surface area contributed by atoms with E-state index in [0.29, 0.717) is 18.1 Å². The van der Waals surface area contributed by atoms with E-state index in [2.05, 4.69) is 21.2 Å². The molecule has 1 N–H and O–H groups in total. The van der Waals surface area contributed by atoms with Gasteiger partial charge in [0, 0.05) is 11.7 Å². The summed E-state index contributed by atoms with van der Waals surface area (Å²) >= 11 is 3.58. The van der Waals surface area contributed by atoms with Gasteiger partial charge in [-0.2, -0.15) is 0 Å². The lowest BCUT2D eigenvalue weighted by Gasteiger charge is -2.38. The molecule has 26 heavy (non-hydrogen) atoms. The molecule has 0 spiro atoms. The zero-order valence-electron chi connectivity index (χ0n) is 14.8. The molecule has 5 nitrogen and oxygen atoms in total. The van der Waals surface area contributed by atoms with Crippen molar-refractivity contribution in [3.8, 4) is 11.5 Å². The smallest absolute Gasteiger partial charge is 0.258 e. The van der Waals surface area contributed by atoms with Crippen LogP contribution in [0.2, 0.25) is 0 Å². The summed E-state index contributed by atoms with van der Waals surface area (Å²) in [6.45, 7) is 2.48. The Labute approximate surface area is 161 Å². The van der Waals surface area contributed by atoms with Crippen molar-refractivity contribution in [2.75, 3.05) is 19.0 Å². The largest absolute Gasteiger partial charge is 0.492 e. The van der Waals surface area contributed by atoms with Crippen molar-refractivity contribution >= 4 is 27.5 Å². The van der Waals surface area contributed by atoms with Gasteiger partial charge in [0.25, 0.3) is 5.91 Å². The number of anilines is 1. The lowest BCUT2D eigenvalue weighted by atomic mass is 10.0. The number of amides is 1. The van der Waals surface area contributed by atoms with E-state index in [4.69, 9.17) is 9.47 Å². The van der Waals surface area contributed by atoms with Gasteiger partial charge in [-0.3, -0.25) is 4.79 Å². The van der Waals surface area contributed by atoms with Crippen LogP contribution < -0.4 is 14.8 Å². The summed E-state index contributed by atoms with van der Waals surface area (Å²) in [5, 5.41) is 3.54. The van der Waals surface area contributed by atoms with Gasteiger partial charge >= 0.3 is 0 Å². The van der Waals surface area contributed by atoms with Crippen molar-refractivity contribution in [3.05, 3.63) is 52.0 Å². The Balaban J connectivity index is 1.80. The van der Waals surface area contributed by atoms with Crippen molar-refractivity contribution in [1.82, 2.24) is 4.90 Å². The number of fused-ring (bicyclic) bond motifs is 1. The first kappa shape index (κ1) is 17.2. The molecule has 0 saturated heterocycles. The molecule has 6 heteroatoms. The Morgan fingerprint density at radius 3 is 2.73 bits per heavy atom. The molecule has 2 aromatic rings. The molecule has 1 unspecified atom stereocenters. The zero-order chi connectivity index (χ0) is 18.3. The molecule has 2 aromatic carbocycles. The Morgan fingerprint density at radius 2 is 2.04 bits per heavy atom. The second-order valence-electron chi connectivity index (χ2n) is 6.50. The fourth-order valence-electron chi connectivity index (χ4n) is 3.45. The van der Waals surface area contributed by atoms with Crippen LogP contribution in [0.25, 0.3) is 0 Å². The third-order valence-corrected chi connectivity index (χ3v) is 5.34. The normalized spacial score (nSPS) is 19.0. The van der Waals surface area contributed by atoms with Gasteiger partial charge in [-0.15, -0.1) is 0 Å². The van der Waals surface area contributed by atoms with E-state index in [-0.39, 0.29) is 18.1 Å². The monoisotopic (exact) mass is 416 g/mol. The number of nitrogens with one attached hydrogen (secondary N) is 1. The molecular formula is C20H21BrN2O3. The second kappa shape index (κ2) is 6.83. The number of methoxy groups -OCH3 is 1. The number of hydrogen-bond donors (Lipinski definition) is 1. The van der Waals surface area contributed by atoms with Crippen molar-refractivity contribution in [3.63, 3.8) is 0 Å². The standard InChI is InChI=1S/C20H21BrN2O3/c1-3-26-17-11-12(10-15(21)18(17)25-2)19-22-16-7-5-4-6-14(16)20(24)23(19)13-8-9-13/h4-7,10-11,13,19,22H,3,8-9H2,1-2H3. The number of nitrogens with zero attached hydrogens (tertiary/aromatic N) is 1. The molecule has 136 valence electrons. The summed E-state index contributed by atoms with van der Waals surface area (Å²) in [4.78, 5) is 15.1. The fourth-order valence-corrected chi connectivity index (χ4v) is 4.07. The van der Waals surface area contributed by atoms with Gasteiger partial charge in [-0.05, 0) is 65.5 Å². The van der Waals surface area contributed by atoms with E-state index >= 15 is 0 Å². The highest BCUT2D eigenvalue weighted by Crippen LogP contribution is 2.44. The first-order valence-electron chi connectivity index (χ1n) is 8.82. The quantitative estimate of drug-likeness (QED) is 0.774. The van der Waals surface area contributed by atoms with Gasteiger partial charge in [-0.1, -0.05) is 12.1 Å². The first-order valence-corrected chi connectivity index (χ1v) is 9.61. The topological polar surface area (TPSA) is 50.8 Å². The van der Waals surface area contributed by atoms with Crippen molar-refractivity contribution < 1.29 is 14.3 Å². The molecule has 1 amide bonds. The van der Waals surface area contributed by atoms with E-state index in [0.717, 1.165) is 34.1 Å². The number of ether oxygens (including phenoxy) is 2. The number of carbonyl (C=O) groups excluding carboxylic acids is 1. The maximum absolute atomic E-state index is 13.1. The Bertz CT molecular complexity index is 851. The van der Waals surface area contributed by atoms with Crippen LogP contribution in [-0.2, 0) is 0 Å². The number of rotatable bonds is 5. The van der Waals surface area contributed by atoms with Gasteiger partial charge in [0.2, 0.25) is 0 Å². The Hall–Kier alpha value is -2.21. The highest BCUT2D eigenvalue weighted by molar-refractivity contribution is 9.10. The number of halogens is 1. The minimum atomic E-state index is -0.230. The fraction of sp³-hybridized carbons (Fsp3) is 0.350. The van der Waals surface area contributed by atoms with Crippen LogP contribution in [0.1, 0.15) is 41.9 Å². The summed E-state index contributed by atoms with van der Waals surface area (Å²) in [7, 11) is 1.62. The van der Waals surface area contributed by atoms with Gasteiger partial charge < -0.3 is 19.7 Å². The molecule has 1 aliphatic carbocycles. The average Bonchev–Trinajstić information content (AvgIpc) is 3.46. The van der Waals surface area contributed by atoms with Crippen LogP contribution in [0.4, 0.5) is 5.69 Å². The highest BCUT2D eigenvalue weighted by Gasteiger charge is 2.42. The molecule has 1 saturated carbocycles. The molecular weight excluding hydrogens is 396 g/mol. The maximum atomic E-state index is 13.1. The summed E-state index contributed by atoms with van der Waals surface area (Å²) in [6, 6.07) is 11.9. The third-order valence-electron chi connectivity index (χ3n) is 4.75. The lowest BCUT2D eigenvalue weighted by molar-refractivity contribution is 0.0666. The van der Waals surface area contributed by atoms with E-state index in [1.165, 1.54) is 0 Å². The molecule has 0 aromatic heterocycles. The highest BCUT2D eigenvalue weighted by atomic mass is 79.9. The second-order valence-corrected chi connectivity index (χ2v) is 7.36. The zero-order valence-corrected chi connectivity index (χ0v) is 16.4. The summed E-state index contributed by atoms with van der Waals surface area (Å²) in [6.07, 6.45) is 1.86. The van der Waals surface area contributed by atoms with Crippen LogP contribution in [0.5, 0.6) is 11.5 Å². The van der Waals surface area contributed by atoms with Crippen LogP contribution in [0.3, 0.4) is 0 Å². The van der Waals surface area contributed by atoms with Gasteiger partial charge in [-0.25, -0.2) is 0 Å². The SMILES string of the molecule is CCOc1cc(C2Nc3ccccc3C(=O)N2C2CC2)cc(Br)c1OC. The molecule has 0 radical (unpaired) electrons. The number of benzene rings is 2. The molecule has 1 heterocycles. The van der Waals surface area contributed by atoms with E-state index < -0.39 is 0 Å². The lowest BCUT2D eigenvalue weighted by Crippen LogP contribution is -2.44. The Morgan fingerprint density at radius 1 is 1.27 bits per heavy atom. The van der Waals surface area contributed by atoms with Crippen LogP contribution in [0, 0.1) is 0 Å². The van der Waals surface area contributed by atoms with Crippen LogP contribution in [0.15, 0.2) is 40.9 Å². The van der Waals surface area contributed by atoms with Crippen molar-refractivity contribution in [2.45, 2.75) is 32.0 Å².